The number of nitrogens with one attached hydrogen (secondary N) is 1. The van der Waals surface area contributed by atoms with Gasteiger partial charge in [0.15, 0.2) is 0 Å². The van der Waals surface area contributed by atoms with Crippen LogP contribution in [-0.2, 0) is 17.7 Å². The van der Waals surface area contributed by atoms with E-state index in [0.29, 0.717) is 35.7 Å². The molecule has 0 fully saturated rings. The summed E-state index contributed by atoms with van der Waals surface area (Å²) in [6, 6.07) is 7.09. The van der Waals surface area contributed by atoms with Gasteiger partial charge in [-0.15, -0.1) is 23.7 Å². The minimum Gasteiger partial charge on any atom is -0.462 e. The molecule has 7 heteroatoms. The molecule has 0 saturated heterocycles. The first-order valence-electron chi connectivity index (χ1n) is 7.91. The van der Waals surface area contributed by atoms with Gasteiger partial charge in [0.05, 0.1) is 12.2 Å². The number of esters is 1. The van der Waals surface area contributed by atoms with E-state index in [1.807, 2.05) is 26.0 Å². The zero-order valence-corrected chi connectivity index (χ0v) is 16.2. The third kappa shape index (κ3) is 4.81. The third-order valence-corrected chi connectivity index (χ3v) is 4.78. The summed E-state index contributed by atoms with van der Waals surface area (Å²) in [7, 11) is 0. The van der Waals surface area contributed by atoms with Gasteiger partial charge in [0, 0.05) is 17.0 Å². The number of hydrogen-bond acceptors (Lipinski definition) is 5. The summed E-state index contributed by atoms with van der Waals surface area (Å²) in [5.74, 6) is -0.652. The van der Waals surface area contributed by atoms with Crippen molar-refractivity contribution in [3.63, 3.8) is 0 Å². The normalized spacial score (nSPS) is 10.1. The molecule has 3 N–H and O–H groups in total. The molecule has 5 nitrogen and oxygen atoms in total. The van der Waals surface area contributed by atoms with Crippen molar-refractivity contribution in [1.29, 1.82) is 0 Å². The minimum atomic E-state index is -0.396. The number of halogens is 1. The molecule has 2 aromatic rings. The van der Waals surface area contributed by atoms with Crippen molar-refractivity contribution in [3.8, 4) is 0 Å². The number of aryl methyl sites for hydroxylation is 1. The molecular formula is C18H23ClN2O3S. The van der Waals surface area contributed by atoms with Crippen LogP contribution in [-0.4, -0.2) is 18.5 Å². The van der Waals surface area contributed by atoms with Crippen LogP contribution in [0.2, 0.25) is 0 Å². The Morgan fingerprint density at radius 2 is 1.84 bits per heavy atom. The first kappa shape index (κ1) is 21.2. The first-order chi connectivity index (χ1) is 11.5. The second kappa shape index (κ2) is 9.56. The fourth-order valence-electron chi connectivity index (χ4n) is 2.48. The highest BCUT2D eigenvalue weighted by molar-refractivity contribution is 7.16. The number of carbonyl (C=O) groups is 2. The van der Waals surface area contributed by atoms with Crippen LogP contribution in [0.15, 0.2) is 24.3 Å². The molecule has 0 aliphatic heterocycles. The molecule has 0 bridgehead atoms. The van der Waals surface area contributed by atoms with E-state index in [-0.39, 0.29) is 18.3 Å². The zero-order chi connectivity index (χ0) is 17.7. The Kier molecular flexibility index (Phi) is 8.09. The summed E-state index contributed by atoms with van der Waals surface area (Å²) < 4.78 is 5.14. The number of hydrogen-bond donors (Lipinski definition) is 2. The molecule has 0 saturated carbocycles. The van der Waals surface area contributed by atoms with E-state index in [4.69, 9.17) is 10.5 Å². The monoisotopic (exact) mass is 382 g/mol. The Morgan fingerprint density at radius 1 is 1.20 bits per heavy atom. The van der Waals surface area contributed by atoms with E-state index in [0.717, 1.165) is 16.0 Å². The molecule has 0 unspecified atom stereocenters. The summed E-state index contributed by atoms with van der Waals surface area (Å²) in [4.78, 5) is 25.8. The van der Waals surface area contributed by atoms with Gasteiger partial charge in [0.1, 0.15) is 5.00 Å². The van der Waals surface area contributed by atoms with Crippen molar-refractivity contribution in [3.05, 3.63) is 51.4 Å². The molecule has 0 aliphatic rings. The van der Waals surface area contributed by atoms with Crippen LogP contribution in [0.5, 0.6) is 0 Å². The fourth-order valence-corrected chi connectivity index (χ4v) is 3.61. The lowest BCUT2D eigenvalue weighted by atomic mass is 10.1. The number of ether oxygens (including phenoxy) is 1. The number of carbonyl (C=O) groups excluding carboxylic acids is 2. The molecule has 1 aromatic carbocycles. The van der Waals surface area contributed by atoms with Crippen molar-refractivity contribution < 1.29 is 14.3 Å². The van der Waals surface area contributed by atoms with E-state index in [2.05, 4.69) is 5.32 Å². The van der Waals surface area contributed by atoms with Gasteiger partial charge in [-0.25, -0.2) is 4.79 Å². The van der Waals surface area contributed by atoms with Crippen LogP contribution < -0.4 is 11.1 Å². The van der Waals surface area contributed by atoms with Crippen LogP contribution in [0.4, 0.5) is 5.00 Å². The van der Waals surface area contributed by atoms with Gasteiger partial charge in [-0.2, -0.15) is 0 Å². The summed E-state index contributed by atoms with van der Waals surface area (Å²) >= 11 is 1.40. The number of nitrogens with two attached hydrogens (primary N) is 1. The Morgan fingerprint density at radius 3 is 2.36 bits per heavy atom. The Bertz CT molecular complexity index is 742. The maximum Gasteiger partial charge on any atom is 0.341 e. The lowest BCUT2D eigenvalue weighted by Crippen LogP contribution is -2.15. The van der Waals surface area contributed by atoms with Crippen molar-refractivity contribution in [2.75, 3.05) is 11.9 Å². The van der Waals surface area contributed by atoms with E-state index in [1.165, 1.54) is 11.3 Å². The van der Waals surface area contributed by atoms with E-state index < -0.39 is 5.97 Å². The molecule has 2 rings (SSSR count). The SMILES string of the molecule is CCOC(=O)c1c(NC(=O)c2ccc(CN)cc2)sc(C)c1CC.Cl. The lowest BCUT2D eigenvalue weighted by Gasteiger charge is -2.08. The summed E-state index contributed by atoms with van der Waals surface area (Å²) in [6.45, 7) is 6.41. The van der Waals surface area contributed by atoms with E-state index in [9.17, 15) is 9.59 Å². The predicted octanol–water partition coefficient (Wildman–Crippen LogP) is 3.93. The summed E-state index contributed by atoms with van der Waals surface area (Å²) in [5, 5.41) is 3.38. The Labute approximate surface area is 158 Å². The van der Waals surface area contributed by atoms with Gasteiger partial charge < -0.3 is 15.8 Å². The molecule has 0 spiro atoms. The van der Waals surface area contributed by atoms with Gasteiger partial charge in [-0.1, -0.05) is 19.1 Å². The lowest BCUT2D eigenvalue weighted by molar-refractivity contribution is 0.0527. The number of thiophene rings is 1. The average molecular weight is 383 g/mol. The average Bonchev–Trinajstić information content (AvgIpc) is 2.90. The summed E-state index contributed by atoms with van der Waals surface area (Å²) in [5.41, 5.74) is 8.43. The fraction of sp³-hybridized carbons (Fsp3) is 0.333. The van der Waals surface area contributed by atoms with Crippen LogP contribution in [0.1, 0.15) is 50.6 Å². The van der Waals surface area contributed by atoms with Crippen molar-refractivity contribution >= 4 is 40.6 Å². The minimum absolute atomic E-state index is 0. The molecule has 136 valence electrons. The van der Waals surface area contributed by atoms with Gasteiger partial charge in [-0.05, 0) is 43.5 Å². The van der Waals surface area contributed by atoms with Crippen molar-refractivity contribution in [2.45, 2.75) is 33.7 Å². The van der Waals surface area contributed by atoms with Gasteiger partial charge in [-0.3, -0.25) is 4.79 Å². The highest BCUT2D eigenvalue weighted by Gasteiger charge is 2.23. The maximum absolute atomic E-state index is 12.5. The van der Waals surface area contributed by atoms with Crippen molar-refractivity contribution in [2.24, 2.45) is 5.73 Å². The maximum atomic E-state index is 12.5. The molecule has 1 heterocycles. The van der Waals surface area contributed by atoms with Crippen molar-refractivity contribution in [1.82, 2.24) is 0 Å². The quantitative estimate of drug-likeness (QED) is 0.741. The van der Waals surface area contributed by atoms with Crippen LogP contribution in [0, 0.1) is 6.92 Å². The molecule has 1 amide bonds. The van der Waals surface area contributed by atoms with E-state index >= 15 is 0 Å². The zero-order valence-electron chi connectivity index (χ0n) is 14.5. The van der Waals surface area contributed by atoms with Gasteiger partial charge in [0.2, 0.25) is 0 Å². The number of benzene rings is 1. The topological polar surface area (TPSA) is 81.4 Å². The number of amides is 1. The standard InChI is InChI=1S/C18H22N2O3S.ClH/c1-4-14-11(3)24-17(15(14)18(22)23-5-2)20-16(21)13-8-6-12(10-19)7-9-13;/h6-9H,4-5,10,19H2,1-3H3,(H,20,21);1H. The molecule has 0 aliphatic carbocycles. The first-order valence-corrected chi connectivity index (χ1v) is 8.73. The molecule has 0 atom stereocenters. The third-order valence-electron chi connectivity index (χ3n) is 3.72. The largest absolute Gasteiger partial charge is 0.462 e. The highest BCUT2D eigenvalue weighted by Crippen LogP contribution is 2.34. The predicted molar refractivity (Wildman–Crippen MR) is 104 cm³/mol. The molecule has 1 aromatic heterocycles. The second-order valence-electron chi connectivity index (χ2n) is 5.27. The molecular weight excluding hydrogens is 360 g/mol. The molecule has 25 heavy (non-hydrogen) atoms. The highest BCUT2D eigenvalue weighted by atomic mass is 35.5. The van der Waals surface area contributed by atoms with Gasteiger partial charge >= 0.3 is 5.97 Å². The Balaban J connectivity index is 0.00000312. The number of anilines is 1. The van der Waals surface area contributed by atoms with Crippen LogP contribution in [0.3, 0.4) is 0 Å². The number of rotatable bonds is 6. The van der Waals surface area contributed by atoms with E-state index in [1.54, 1.807) is 19.1 Å². The van der Waals surface area contributed by atoms with Crippen LogP contribution >= 0.6 is 23.7 Å². The van der Waals surface area contributed by atoms with Crippen LogP contribution in [0.25, 0.3) is 0 Å². The summed E-state index contributed by atoms with van der Waals surface area (Å²) in [6.07, 6.45) is 0.706. The molecule has 0 radical (unpaired) electrons. The van der Waals surface area contributed by atoms with Gasteiger partial charge in [0.25, 0.3) is 5.91 Å². The smallest absolute Gasteiger partial charge is 0.341 e. The second-order valence-corrected chi connectivity index (χ2v) is 6.49. The Hall–Kier alpha value is -1.89.